The molecular weight excluding hydrogens is 352 g/mol. The van der Waals surface area contributed by atoms with Gasteiger partial charge in [0.2, 0.25) is 0 Å². The number of anilines is 1. The second-order valence-corrected chi connectivity index (χ2v) is 8.19. The van der Waals surface area contributed by atoms with E-state index in [0.29, 0.717) is 0 Å². The van der Waals surface area contributed by atoms with Gasteiger partial charge in [-0.2, -0.15) is 11.3 Å². The van der Waals surface area contributed by atoms with Crippen LogP contribution in [0.5, 0.6) is 0 Å². The van der Waals surface area contributed by atoms with Crippen molar-refractivity contribution in [1.82, 2.24) is 14.9 Å². The Balaban J connectivity index is 1.38. The fourth-order valence-corrected chi connectivity index (χ4v) is 4.81. The molecule has 1 aliphatic heterocycles. The monoisotopic (exact) mass is 376 g/mol. The molecule has 1 saturated heterocycles. The lowest BCUT2D eigenvalue weighted by Crippen LogP contribution is -2.46. The van der Waals surface area contributed by atoms with E-state index in [1.54, 1.807) is 11.3 Å². The molecule has 5 heteroatoms. The van der Waals surface area contributed by atoms with Crippen LogP contribution >= 0.6 is 11.3 Å². The van der Waals surface area contributed by atoms with Gasteiger partial charge in [0.25, 0.3) is 0 Å². The van der Waals surface area contributed by atoms with Crippen LogP contribution in [0.1, 0.15) is 23.2 Å². The van der Waals surface area contributed by atoms with E-state index in [-0.39, 0.29) is 0 Å². The van der Waals surface area contributed by atoms with Crippen LogP contribution in [0.15, 0.2) is 47.2 Å². The second kappa shape index (κ2) is 7.41. The Bertz CT molecular complexity index is 900. The predicted octanol–water partition coefficient (Wildman–Crippen LogP) is 4.02. The van der Waals surface area contributed by atoms with Crippen LogP contribution in [0.3, 0.4) is 0 Å². The van der Waals surface area contributed by atoms with Crippen LogP contribution in [-0.4, -0.2) is 41.0 Å². The van der Waals surface area contributed by atoms with Gasteiger partial charge in [-0.05, 0) is 41.7 Å². The fraction of sp³-hybridized carbons (Fsp3) is 0.364. The third-order valence-electron chi connectivity index (χ3n) is 5.60. The molecule has 0 radical (unpaired) electrons. The molecular formula is C22H24N4S. The summed E-state index contributed by atoms with van der Waals surface area (Å²) in [5.41, 5.74) is 5.20. The van der Waals surface area contributed by atoms with Crippen molar-refractivity contribution in [3.05, 3.63) is 64.0 Å². The first-order valence-corrected chi connectivity index (χ1v) is 10.7. The maximum atomic E-state index is 5.04. The van der Waals surface area contributed by atoms with E-state index >= 15 is 0 Å². The molecule has 2 aliphatic rings. The third kappa shape index (κ3) is 3.49. The Hall–Kier alpha value is -2.24. The standard InChI is InChI=1S/C22H24N4S/c1-2-5-18(6-3-1)21-23-20-8-4-7-19(20)22(24-21)26-12-10-25(11-13-26)15-17-9-14-27-16-17/h1-3,5-6,9,14,16H,4,7-8,10-13,15H2. The van der Waals surface area contributed by atoms with Crippen LogP contribution in [0.25, 0.3) is 11.4 Å². The zero-order valence-corrected chi connectivity index (χ0v) is 16.3. The number of piperazine rings is 1. The summed E-state index contributed by atoms with van der Waals surface area (Å²) in [6.07, 6.45) is 3.41. The van der Waals surface area contributed by atoms with E-state index in [9.17, 15) is 0 Å². The highest BCUT2D eigenvalue weighted by Crippen LogP contribution is 2.32. The minimum atomic E-state index is 0.881. The Labute approximate surface area is 164 Å². The molecule has 3 heterocycles. The fourth-order valence-electron chi connectivity index (χ4n) is 4.15. The molecule has 5 rings (SSSR count). The van der Waals surface area contributed by atoms with Gasteiger partial charge in [0.05, 0.1) is 0 Å². The van der Waals surface area contributed by atoms with Crippen molar-refractivity contribution >= 4 is 17.2 Å². The van der Waals surface area contributed by atoms with E-state index in [2.05, 4.69) is 50.9 Å². The van der Waals surface area contributed by atoms with Gasteiger partial charge in [0.1, 0.15) is 5.82 Å². The lowest BCUT2D eigenvalue weighted by Gasteiger charge is -2.36. The van der Waals surface area contributed by atoms with E-state index in [4.69, 9.17) is 9.97 Å². The average Bonchev–Trinajstić information content (AvgIpc) is 3.40. The van der Waals surface area contributed by atoms with Crippen molar-refractivity contribution in [2.24, 2.45) is 0 Å². The largest absolute Gasteiger partial charge is 0.354 e. The zero-order chi connectivity index (χ0) is 18.1. The van der Waals surface area contributed by atoms with Gasteiger partial charge in [-0.1, -0.05) is 30.3 Å². The van der Waals surface area contributed by atoms with Crippen molar-refractivity contribution in [3.63, 3.8) is 0 Å². The van der Waals surface area contributed by atoms with Gasteiger partial charge < -0.3 is 4.90 Å². The number of benzene rings is 1. The minimum Gasteiger partial charge on any atom is -0.354 e. The number of hydrogen-bond donors (Lipinski definition) is 0. The first kappa shape index (κ1) is 16.9. The lowest BCUT2D eigenvalue weighted by molar-refractivity contribution is 0.249. The normalized spacial score (nSPS) is 17.3. The van der Waals surface area contributed by atoms with Crippen LogP contribution in [0, 0.1) is 0 Å². The van der Waals surface area contributed by atoms with Gasteiger partial charge in [0.15, 0.2) is 5.82 Å². The Morgan fingerprint density at radius 3 is 2.56 bits per heavy atom. The van der Waals surface area contributed by atoms with Crippen LogP contribution in [0.2, 0.25) is 0 Å². The van der Waals surface area contributed by atoms with E-state index in [1.807, 2.05) is 6.07 Å². The summed E-state index contributed by atoms with van der Waals surface area (Å²) in [7, 11) is 0. The number of rotatable bonds is 4. The van der Waals surface area contributed by atoms with Gasteiger partial charge in [-0.15, -0.1) is 0 Å². The Morgan fingerprint density at radius 1 is 0.926 bits per heavy atom. The third-order valence-corrected chi connectivity index (χ3v) is 6.33. The number of aryl methyl sites for hydroxylation is 1. The van der Waals surface area contributed by atoms with Crippen molar-refractivity contribution in [2.75, 3.05) is 31.1 Å². The molecule has 1 fully saturated rings. The molecule has 0 unspecified atom stereocenters. The molecule has 1 aromatic carbocycles. The smallest absolute Gasteiger partial charge is 0.161 e. The van der Waals surface area contributed by atoms with Gasteiger partial charge in [0, 0.05) is 49.5 Å². The zero-order valence-electron chi connectivity index (χ0n) is 15.5. The molecule has 0 spiro atoms. The summed E-state index contributed by atoms with van der Waals surface area (Å²) in [6.45, 7) is 5.34. The highest BCUT2D eigenvalue weighted by Gasteiger charge is 2.26. The van der Waals surface area contributed by atoms with E-state index in [1.165, 1.54) is 29.1 Å². The molecule has 0 saturated carbocycles. The molecule has 0 amide bonds. The van der Waals surface area contributed by atoms with Gasteiger partial charge >= 0.3 is 0 Å². The first-order valence-electron chi connectivity index (χ1n) is 9.80. The molecule has 0 N–H and O–H groups in total. The highest BCUT2D eigenvalue weighted by molar-refractivity contribution is 7.07. The van der Waals surface area contributed by atoms with Crippen LogP contribution in [-0.2, 0) is 19.4 Å². The summed E-state index contributed by atoms with van der Waals surface area (Å²) in [4.78, 5) is 15.0. The molecule has 27 heavy (non-hydrogen) atoms. The predicted molar refractivity (Wildman–Crippen MR) is 111 cm³/mol. The van der Waals surface area contributed by atoms with Crippen molar-refractivity contribution in [3.8, 4) is 11.4 Å². The Kier molecular flexibility index (Phi) is 4.64. The van der Waals surface area contributed by atoms with Crippen molar-refractivity contribution in [1.29, 1.82) is 0 Å². The van der Waals surface area contributed by atoms with Crippen molar-refractivity contribution < 1.29 is 0 Å². The molecule has 1 aliphatic carbocycles. The quantitative estimate of drug-likeness (QED) is 0.688. The summed E-state index contributed by atoms with van der Waals surface area (Å²) in [6, 6.07) is 12.6. The van der Waals surface area contributed by atoms with Crippen LogP contribution in [0.4, 0.5) is 5.82 Å². The molecule has 0 atom stereocenters. The summed E-state index contributed by atoms with van der Waals surface area (Å²) in [5, 5.41) is 4.43. The first-order chi connectivity index (χ1) is 13.4. The summed E-state index contributed by atoms with van der Waals surface area (Å²) in [5.74, 6) is 2.07. The molecule has 3 aromatic rings. The molecule has 2 aromatic heterocycles. The van der Waals surface area contributed by atoms with Crippen LogP contribution < -0.4 is 4.90 Å². The van der Waals surface area contributed by atoms with Gasteiger partial charge in [-0.3, -0.25) is 4.90 Å². The SMILES string of the molecule is c1ccc(-c2nc3c(c(N4CCN(Cc5ccsc5)CC4)n2)CCC3)cc1. The maximum absolute atomic E-state index is 5.04. The summed E-state index contributed by atoms with van der Waals surface area (Å²) >= 11 is 1.78. The number of fused-ring (bicyclic) bond motifs is 1. The average molecular weight is 377 g/mol. The number of thiophene rings is 1. The second-order valence-electron chi connectivity index (χ2n) is 7.41. The lowest BCUT2D eigenvalue weighted by atomic mass is 10.1. The molecule has 0 bridgehead atoms. The summed E-state index contributed by atoms with van der Waals surface area (Å²) < 4.78 is 0. The van der Waals surface area contributed by atoms with Crippen molar-refractivity contribution in [2.45, 2.75) is 25.8 Å². The highest BCUT2D eigenvalue weighted by atomic mass is 32.1. The molecule has 4 nitrogen and oxygen atoms in total. The van der Waals surface area contributed by atoms with E-state index < -0.39 is 0 Å². The van der Waals surface area contributed by atoms with Gasteiger partial charge in [-0.25, -0.2) is 9.97 Å². The number of hydrogen-bond acceptors (Lipinski definition) is 5. The van der Waals surface area contributed by atoms with E-state index in [0.717, 1.165) is 57.0 Å². The Morgan fingerprint density at radius 2 is 1.78 bits per heavy atom. The topological polar surface area (TPSA) is 32.3 Å². The number of nitrogens with zero attached hydrogens (tertiary/aromatic N) is 4. The minimum absolute atomic E-state index is 0.881. The maximum Gasteiger partial charge on any atom is 0.161 e. The molecule has 138 valence electrons. The number of aromatic nitrogens is 2.